The van der Waals surface area contributed by atoms with E-state index in [1.807, 2.05) is 11.8 Å². The molecule has 6 nitrogen and oxygen atoms in total. The van der Waals surface area contributed by atoms with Gasteiger partial charge in [0.15, 0.2) is 15.7 Å². The van der Waals surface area contributed by atoms with Crippen LogP contribution in [0.2, 0.25) is 0 Å². The lowest BCUT2D eigenvalue weighted by atomic mass is 10.4. The fraction of sp³-hybridized carbons (Fsp3) is 0.889. The Bertz CT molecular complexity index is 325. The van der Waals surface area contributed by atoms with Crippen LogP contribution in [-0.4, -0.2) is 55.0 Å². The number of oxime groups is 1. The van der Waals surface area contributed by atoms with Crippen LogP contribution in [0.25, 0.3) is 0 Å². The number of sulfone groups is 1. The van der Waals surface area contributed by atoms with Crippen molar-refractivity contribution in [3.63, 3.8) is 0 Å². The molecule has 0 spiro atoms. The van der Waals surface area contributed by atoms with E-state index in [-0.39, 0.29) is 23.4 Å². The summed E-state index contributed by atoms with van der Waals surface area (Å²) < 4.78 is 23.1. The van der Waals surface area contributed by atoms with Crippen molar-refractivity contribution in [2.75, 3.05) is 25.4 Å². The lowest BCUT2D eigenvalue weighted by Gasteiger charge is -2.19. The maximum Gasteiger partial charge on any atom is 0.153 e. The van der Waals surface area contributed by atoms with Gasteiger partial charge in [0.1, 0.15) is 0 Å². The predicted octanol–water partition coefficient (Wildman–Crippen LogP) is -0.122. The van der Waals surface area contributed by atoms with Crippen molar-refractivity contribution in [3.05, 3.63) is 0 Å². The first-order chi connectivity index (χ1) is 7.33. The van der Waals surface area contributed by atoms with Crippen LogP contribution in [0, 0.1) is 0 Å². The van der Waals surface area contributed by atoms with Gasteiger partial charge < -0.3 is 10.9 Å². The van der Waals surface area contributed by atoms with E-state index in [1.54, 1.807) is 13.8 Å². The maximum absolute atomic E-state index is 11.6. The van der Waals surface area contributed by atoms with Crippen molar-refractivity contribution in [1.82, 2.24) is 4.90 Å². The Morgan fingerprint density at radius 1 is 1.50 bits per heavy atom. The van der Waals surface area contributed by atoms with Gasteiger partial charge in [0.05, 0.1) is 17.5 Å². The van der Waals surface area contributed by atoms with Gasteiger partial charge in [-0.05, 0) is 20.4 Å². The molecular formula is C9H21N3O3S. The van der Waals surface area contributed by atoms with Crippen molar-refractivity contribution >= 4 is 15.7 Å². The third-order valence-electron chi connectivity index (χ3n) is 2.37. The quantitative estimate of drug-likeness (QED) is 0.284. The molecule has 0 aromatic carbocycles. The van der Waals surface area contributed by atoms with Crippen LogP contribution in [-0.2, 0) is 9.84 Å². The van der Waals surface area contributed by atoms with E-state index in [1.165, 1.54) is 0 Å². The summed E-state index contributed by atoms with van der Waals surface area (Å²) in [6.07, 6.45) is 0. The van der Waals surface area contributed by atoms with Crippen LogP contribution in [0.1, 0.15) is 20.8 Å². The fourth-order valence-corrected chi connectivity index (χ4v) is 2.09. The van der Waals surface area contributed by atoms with E-state index >= 15 is 0 Å². The number of nitrogens with zero attached hydrogens (tertiary/aromatic N) is 2. The molecule has 0 radical (unpaired) electrons. The molecule has 0 aliphatic heterocycles. The van der Waals surface area contributed by atoms with Crippen molar-refractivity contribution in [3.8, 4) is 0 Å². The molecule has 0 aromatic rings. The molecule has 0 saturated carbocycles. The highest BCUT2D eigenvalue weighted by Gasteiger charge is 2.17. The number of rotatable bonds is 7. The van der Waals surface area contributed by atoms with Gasteiger partial charge in [0.2, 0.25) is 0 Å². The average Bonchev–Trinajstić information content (AvgIpc) is 2.23. The second-order valence-corrected chi connectivity index (χ2v) is 6.55. The second kappa shape index (κ2) is 6.70. The van der Waals surface area contributed by atoms with Crippen molar-refractivity contribution < 1.29 is 13.6 Å². The lowest BCUT2D eigenvalue weighted by Crippen LogP contribution is -2.37. The summed E-state index contributed by atoms with van der Waals surface area (Å²) in [7, 11) is -3.03. The first-order valence-electron chi connectivity index (χ1n) is 5.23. The van der Waals surface area contributed by atoms with Crippen LogP contribution in [0.5, 0.6) is 0 Å². The van der Waals surface area contributed by atoms with E-state index in [0.29, 0.717) is 13.1 Å². The van der Waals surface area contributed by atoms with Gasteiger partial charge in [-0.1, -0.05) is 12.1 Å². The number of hydrogen-bond donors (Lipinski definition) is 2. The summed E-state index contributed by atoms with van der Waals surface area (Å²) >= 11 is 0. The first kappa shape index (κ1) is 15.2. The summed E-state index contributed by atoms with van der Waals surface area (Å²) in [4.78, 5) is 1.81. The minimum atomic E-state index is -3.03. The molecule has 0 saturated heterocycles. The van der Waals surface area contributed by atoms with Crippen LogP contribution in [0.3, 0.4) is 0 Å². The molecule has 3 N–H and O–H groups in total. The topological polar surface area (TPSA) is 96.0 Å². The summed E-state index contributed by atoms with van der Waals surface area (Å²) in [5.74, 6) is 0.181. The Kier molecular flexibility index (Phi) is 6.35. The molecule has 0 fully saturated rings. The monoisotopic (exact) mass is 251 g/mol. The Morgan fingerprint density at radius 3 is 2.44 bits per heavy atom. The second-order valence-electron chi connectivity index (χ2n) is 3.88. The Hall–Kier alpha value is -0.820. The van der Waals surface area contributed by atoms with Gasteiger partial charge in [-0.3, -0.25) is 4.90 Å². The van der Waals surface area contributed by atoms with Crippen LogP contribution >= 0.6 is 0 Å². The molecule has 7 heteroatoms. The van der Waals surface area contributed by atoms with Crippen molar-refractivity contribution in [2.24, 2.45) is 10.9 Å². The van der Waals surface area contributed by atoms with Crippen molar-refractivity contribution in [2.45, 2.75) is 26.0 Å². The summed E-state index contributed by atoms with van der Waals surface area (Å²) in [6.45, 7) is 6.55. The molecule has 0 atom stereocenters. The molecule has 0 rings (SSSR count). The minimum Gasteiger partial charge on any atom is -0.409 e. The molecule has 0 aliphatic rings. The number of amidine groups is 1. The van der Waals surface area contributed by atoms with Gasteiger partial charge in [-0.2, -0.15) is 0 Å². The Labute approximate surface area is 97.0 Å². The number of nitrogens with two attached hydrogens (primary N) is 1. The van der Waals surface area contributed by atoms with Crippen molar-refractivity contribution in [1.29, 1.82) is 0 Å². The summed E-state index contributed by atoms with van der Waals surface area (Å²) in [5.41, 5.74) is 5.36. The third-order valence-corrected chi connectivity index (χ3v) is 4.56. The Balaban J connectivity index is 4.26. The molecule has 0 unspecified atom stereocenters. The van der Waals surface area contributed by atoms with E-state index in [4.69, 9.17) is 10.9 Å². The van der Waals surface area contributed by atoms with E-state index < -0.39 is 9.84 Å². The largest absolute Gasteiger partial charge is 0.409 e. The average molecular weight is 251 g/mol. The van der Waals surface area contributed by atoms with Crippen LogP contribution < -0.4 is 5.73 Å². The van der Waals surface area contributed by atoms with E-state index in [0.717, 1.165) is 0 Å². The molecule has 0 amide bonds. The highest BCUT2D eigenvalue weighted by atomic mass is 32.2. The normalized spacial score (nSPS) is 13.7. The van der Waals surface area contributed by atoms with Crippen LogP contribution in [0.15, 0.2) is 5.16 Å². The van der Waals surface area contributed by atoms with Gasteiger partial charge in [-0.15, -0.1) is 0 Å². The highest BCUT2D eigenvalue weighted by Crippen LogP contribution is 2.01. The van der Waals surface area contributed by atoms with E-state index in [9.17, 15) is 8.42 Å². The molecule has 96 valence electrons. The zero-order valence-electron chi connectivity index (χ0n) is 10.0. The van der Waals surface area contributed by atoms with Crippen LogP contribution in [0.4, 0.5) is 0 Å². The smallest absolute Gasteiger partial charge is 0.153 e. The SMILES string of the molecule is CCN(CCS(=O)(=O)C(C)C)CC(N)=NO. The maximum atomic E-state index is 11.6. The predicted molar refractivity (Wildman–Crippen MR) is 64.4 cm³/mol. The number of likely N-dealkylation sites (N-methyl/N-ethyl adjacent to an activating group) is 1. The molecule has 16 heavy (non-hydrogen) atoms. The molecule has 0 bridgehead atoms. The molecule has 0 aliphatic carbocycles. The third kappa shape index (κ3) is 5.32. The first-order valence-corrected chi connectivity index (χ1v) is 6.95. The molecule has 0 heterocycles. The fourth-order valence-electron chi connectivity index (χ4n) is 1.10. The van der Waals surface area contributed by atoms with Gasteiger partial charge in [0, 0.05) is 6.54 Å². The lowest BCUT2D eigenvalue weighted by molar-refractivity contribution is 0.304. The number of hydrogen-bond acceptors (Lipinski definition) is 5. The van der Waals surface area contributed by atoms with Gasteiger partial charge in [0.25, 0.3) is 0 Å². The van der Waals surface area contributed by atoms with Gasteiger partial charge in [-0.25, -0.2) is 8.42 Å². The Morgan fingerprint density at radius 2 is 2.06 bits per heavy atom. The highest BCUT2D eigenvalue weighted by molar-refractivity contribution is 7.92. The summed E-state index contributed by atoms with van der Waals surface area (Å²) in [5, 5.41) is 10.9. The van der Waals surface area contributed by atoms with E-state index in [2.05, 4.69) is 5.16 Å². The molecule has 0 aromatic heterocycles. The minimum absolute atomic E-state index is 0.0868. The summed E-state index contributed by atoms with van der Waals surface area (Å²) in [6, 6.07) is 0. The van der Waals surface area contributed by atoms with Gasteiger partial charge >= 0.3 is 0 Å². The standard InChI is InChI=1S/C9H21N3O3S/c1-4-12(7-9(10)11-13)5-6-16(14,15)8(2)3/h8,13H,4-7H2,1-3H3,(H2,10,11). The molecular weight excluding hydrogens is 230 g/mol. The zero-order chi connectivity index (χ0) is 12.8. The zero-order valence-corrected chi connectivity index (χ0v) is 10.9.